The maximum Gasteiger partial charge on any atom is 0.0479 e. The minimum Gasteiger partial charge on any atom is -0.261 e. The molecule has 0 spiro atoms. The summed E-state index contributed by atoms with van der Waals surface area (Å²) in [4.78, 5) is 4.36. The van der Waals surface area contributed by atoms with E-state index in [1.807, 2.05) is 20.0 Å². The zero-order valence-electron chi connectivity index (χ0n) is 10.0. The van der Waals surface area contributed by atoms with Gasteiger partial charge in [0.1, 0.15) is 0 Å². The Labute approximate surface area is 92.2 Å². The highest BCUT2D eigenvalue weighted by Gasteiger charge is 1.99. The predicted octanol–water partition coefficient (Wildman–Crippen LogP) is 4.13. The summed E-state index contributed by atoms with van der Waals surface area (Å²) >= 11 is 0. The van der Waals surface area contributed by atoms with Crippen LogP contribution in [0.25, 0.3) is 10.8 Å². The van der Waals surface area contributed by atoms with E-state index in [0.29, 0.717) is 0 Å². The second-order valence-electron chi connectivity index (χ2n) is 3.34. The van der Waals surface area contributed by atoms with E-state index in [-0.39, 0.29) is 0 Å². The third kappa shape index (κ3) is 2.56. The lowest BCUT2D eigenvalue weighted by atomic mass is 10.1. The molecule has 1 heterocycles. The quantitative estimate of drug-likeness (QED) is 0.676. The Balaban J connectivity index is 0.000000531. The summed E-state index contributed by atoms with van der Waals surface area (Å²) in [5.41, 5.74) is 2.50. The van der Waals surface area contributed by atoms with Gasteiger partial charge in [-0.25, -0.2) is 0 Å². The summed E-state index contributed by atoms with van der Waals surface area (Å²) in [7, 11) is 0. The Bertz CT molecular complexity index is 432. The lowest BCUT2D eigenvalue weighted by Crippen LogP contribution is -1.88. The van der Waals surface area contributed by atoms with E-state index in [9.17, 15) is 0 Å². The lowest BCUT2D eigenvalue weighted by molar-refractivity contribution is 1.06. The van der Waals surface area contributed by atoms with Gasteiger partial charge in [0.2, 0.25) is 0 Å². The summed E-state index contributed by atoms with van der Waals surface area (Å²) in [6, 6.07) is 8.58. The van der Waals surface area contributed by atoms with Gasteiger partial charge in [-0.15, -0.1) is 0 Å². The molecular weight excluding hydrogens is 182 g/mol. The van der Waals surface area contributed by atoms with Gasteiger partial charge in [-0.05, 0) is 24.8 Å². The third-order valence-electron chi connectivity index (χ3n) is 2.34. The number of benzene rings is 1. The Morgan fingerprint density at radius 2 is 1.87 bits per heavy atom. The van der Waals surface area contributed by atoms with Gasteiger partial charge in [-0.3, -0.25) is 4.98 Å². The molecule has 0 atom stereocenters. The van der Waals surface area contributed by atoms with Crippen LogP contribution in [0.4, 0.5) is 0 Å². The molecule has 0 radical (unpaired) electrons. The van der Waals surface area contributed by atoms with Crippen molar-refractivity contribution in [1.29, 1.82) is 0 Å². The van der Waals surface area contributed by atoms with Crippen molar-refractivity contribution < 1.29 is 0 Å². The standard InChI is InChI=1S/C12H13N.C2H6/c1-3-12-11-5-4-9(2)8-10(11)6-7-13-12;1-2/h4-8H,3H2,1-2H3;1-2H3. The summed E-state index contributed by atoms with van der Waals surface area (Å²) in [6.07, 6.45) is 2.89. The largest absolute Gasteiger partial charge is 0.261 e. The first kappa shape index (κ1) is 11.7. The van der Waals surface area contributed by atoms with E-state index < -0.39 is 0 Å². The van der Waals surface area contributed by atoms with Crippen LogP contribution >= 0.6 is 0 Å². The fourth-order valence-electron chi connectivity index (χ4n) is 1.64. The first-order valence-electron chi connectivity index (χ1n) is 5.65. The number of hydrogen-bond acceptors (Lipinski definition) is 1. The molecule has 0 amide bonds. The van der Waals surface area contributed by atoms with Gasteiger partial charge in [0.25, 0.3) is 0 Å². The van der Waals surface area contributed by atoms with Crippen molar-refractivity contribution in [2.45, 2.75) is 34.1 Å². The van der Waals surface area contributed by atoms with E-state index in [1.54, 1.807) is 0 Å². The van der Waals surface area contributed by atoms with Crippen LogP contribution in [0, 0.1) is 6.92 Å². The average molecular weight is 201 g/mol. The summed E-state index contributed by atoms with van der Waals surface area (Å²) in [5, 5.41) is 2.59. The molecule has 2 aromatic rings. The molecule has 0 aliphatic heterocycles. The Morgan fingerprint density at radius 3 is 2.53 bits per heavy atom. The van der Waals surface area contributed by atoms with Gasteiger partial charge in [0.15, 0.2) is 0 Å². The van der Waals surface area contributed by atoms with Gasteiger partial charge < -0.3 is 0 Å². The Kier molecular flexibility index (Phi) is 4.29. The third-order valence-corrected chi connectivity index (χ3v) is 2.34. The number of aromatic nitrogens is 1. The van der Waals surface area contributed by atoms with Crippen LogP contribution < -0.4 is 0 Å². The number of pyridine rings is 1. The van der Waals surface area contributed by atoms with E-state index >= 15 is 0 Å². The highest BCUT2D eigenvalue weighted by molar-refractivity contribution is 5.84. The first-order chi connectivity index (χ1) is 7.31. The van der Waals surface area contributed by atoms with Crippen molar-refractivity contribution in [3.05, 3.63) is 41.7 Å². The molecule has 1 aromatic heterocycles. The molecule has 0 saturated carbocycles. The normalized spacial score (nSPS) is 9.60. The predicted molar refractivity (Wildman–Crippen MR) is 67.2 cm³/mol. The molecule has 80 valence electrons. The van der Waals surface area contributed by atoms with Gasteiger partial charge in [-0.1, -0.05) is 44.5 Å². The molecule has 0 aliphatic carbocycles. The van der Waals surface area contributed by atoms with Crippen molar-refractivity contribution in [1.82, 2.24) is 4.98 Å². The minimum atomic E-state index is 1.00. The number of nitrogens with zero attached hydrogens (tertiary/aromatic N) is 1. The topological polar surface area (TPSA) is 12.9 Å². The first-order valence-corrected chi connectivity index (χ1v) is 5.65. The van der Waals surface area contributed by atoms with Crippen LogP contribution in [0.2, 0.25) is 0 Å². The SMILES string of the molecule is CC.CCc1nccc2cc(C)ccc12. The second-order valence-corrected chi connectivity index (χ2v) is 3.34. The molecule has 1 aromatic carbocycles. The fraction of sp³-hybridized carbons (Fsp3) is 0.357. The van der Waals surface area contributed by atoms with Crippen molar-refractivity contribution in [2.75, 3.05) is 0 Å². The maximum absolute atomic E-state index is 4.36. The van der Waals surface area contributed by atoms with Crippen LogP contribution in [0.3, 0.4) is 0 Å². The zero-order valence-corrected chi connectivity index (χ0v) is 10.0. The lowest BCUT2D eigenvalue weighted by Gasteiger charge is -2.03. The van der Waals surface area contributed by atoms with Crippen molar-refractivity contribution in [3.63, 3.8) is 0 Å². The smallest absolute Gasteiger partial charge is 0.0479 e. The van der Waals surface area contributed by atoms with E-state index in [2.05, 4.69) is 43.1 Å². The van der Waals surface area contributed by atoms with Crippen LogP contribution in [0.15, 0.2) is 30.5 Å². The summed E-state index contributed by atoms with van der Waals surface area (Å²) in [6.45, 7) is 8.26. The maximum atomic E-state index is 4.36. The van der Waals surface area contributed by atoms with Crippen LogP contribution in [-0.4, -0.2) is 4.98 Å². The van der Waals surface area contributed by atoms with Crippen LogP contribution in [-0.2, 0) is 6.42 Å². The number of rotatable bonds is 1. The molecule has 1 heteroatoms. The van der Waals surface area contributed by atoms with Gasteiger partial charge in [0, 0.05) is 17.3 Å². The molecule has 1 nitrogen and oxygen atoms in total. The molecule has 0 fully saturated rings. The Morgan fingerprint density at radius 1 is 1.13 bits per heavy atom. The zero-order chi connectivity index (χ0) is 11.3. The molecule has 0 bridgehead atoms. The molecule has 2 rings (SSSR count). The van der Waals surface area contributed by atoms with Gasteiger partial charge in [-0.2, -0.15) is 0 Å². The molecule has 0 N–H and O–H groups in total. The monoisotopic (exact) mass is 201 g/mol. The van der Waals surface area contributed by atoms with E-state index in [4.69, 9.17) is 0 Å². The molecule has 0 saturated heterocycles. The van der Waals surface area contributed by atoms with Crippen molar-refractivity contribution in [3.8, 4) is 0 Å². The number of hydrogen-bond donors (Lipinski definition) is 0. The van der Waals surface area contributed by atoms with Crippen molar-refractivity contribution in [2.24, 2.45) is 0 Å². The van der Waals surface area contributed by atoms with Crippen molar-refractivity contribution >= 4 is 10.8 Å². The van der Waals surface area contributed by atoms with Crippen LogP contribution in [0.1, 0.15) is 32.0 Å². The molecule has 0 unspecified atom stereocenters. The summed E-state index contributed by atoms with van der Waals surface area (Å²) < 4.78 is 0. The molecular formula is C14H19N. The average Bonchev–Trinajstić information content (AvgIpc) is 2.30. The number of fused-ring (bicyclic) bond motifs is 1. The molecule has 15 heavy (non-hydrogen) atoms. The highest BCUT2D eigenvalue weighted by atomic mass is 14.7. The van der Waals surface area contributed by atoms with Crippen LogP contribution in [0.5, 0.6) is 0 Å². The highest BCUT2D eigenvalue weighted by Crippen LogP contribution is 2.18. The van der Waals surface area contributed by atoms with E-state index in [0.717, 1.165) is 6.42 Å². The van der Waals surface area contributed by atoms with Gasteiger partial charge >= 0.3 is 0 Å². The fourth-order valence-corrected chi connectivity index (χ4v) is 1.64. The van der Waals surface area contributed by atoms with E-state index in [1.165, 1.54) is 22.0 Å². The molecule has 0 aliphatic rings. The Hall–Kier alpha value is -1.37. The second kappa shape index (κ2) is 5.50. The summed E-state index contributed by atoms with van der Waals surface area (Å²) in [5.74, 6) is 0. The number of aryl methyl sites for hydroxylation is 2. The minimum absolute atomic E-state index is 1.00. The van der Waals surface area contributed by atoms with Gasteiger partial charge in [0.05, 0.1) is 0 Å².